The largest absolute Gasteiger partial charge is 0.493 e. The van der Waals surface area contributed by atoms with Gasteiger partial charge in [-0.2, -0.15) is 4.39 Å². The van der Waals surface area contributed by atoms with Crippen LogP contribution in [0.2, 0.25) is 0 Å². The Morgan fingerprint density at radius 3 is 2.50 bits per heavy atom. The number of benzene rings is 3. The van der Waals surface area contributed by atoms with Gasteiger partial charge in [0.25, 0.3) is 0 Å². The maximum Gasteiger partial charge on any atom is 0.366 e. The van der Waals surface area contributed by atoms with Gasteiger partial charge in [0.05, 0.1) is 18.8 Å². The number of carbonyl (C=O) groups excluding carboxylic acids is 2. The smallest absolute Gasteiger partial charge is 0.366 e. The van der Waals surface area contributed by atoms with Crippen molar-refractivity contribution in [2.45, 2.75) is 26.2 Å². The Hall–Kier alpha value is -4.00. The molecular weight excluding hydrogens is 437 g/mol. The average molecular weight is 464 g/mol. The first-order valence-electron chi connectivity index (χ1n) is 11.0. The molecule has 3 aromatic rings. The van der Waals surface area contributed by atoms with E-state index in [2.05, 4.69) is 24.3 Å². The predicted octanol–water partition coefficient (Wildman–Crippen LogP) is 5.80. The molecule has 1 N–H and O–H groups in total. The van der Waals surface area contributed by atoms with E-state index in [1.807, 2.05) is 18.2 Å². The van der Waals surface area contributed by atoms with Crippen LogP contribution in [-0.2, 0) is 16.0 Å². The molecule has 0 amide bonds. The summed E-state index contributed by atoms with van der Waals surface area (Å²) in [6.07, 6.45) is 3.60. The van der Waals surface area contributed by atoms with E-state index >= 15 is 0 Å². The van der Waals surface area contributed by atoms with Gasteiger partial charge in [-0.15, -0.1) is 0 Å². The van der Waals surface area contributed by atoms with Crippen LogP contribution in [0, 0.1) is 5.41 Å². The summed E-state index contributed by atoms with van der Waals surface area (Å²) in [5.41, 5.74) is 2.10. The van der Waals surface area contributed by atoms with Gasteiger partial charge in [0.1, 0.15) is 11.5 Å². The molecule has 0 aliphatic rings. The van der Waals surface area contributed by atoms with Crippen molar-refractivity contribution in [3.05, 3.63) is 83.7 Å². The molecule has 0 saturated heterocycles. The van der Waals surface area contributed by atoms with Crippen LogP contribution in [0.15, 0.2) is 67.0 Å². The third-order valence-corrected chi connectivity index (χ3v) is 5.07. The first-order valence-corrected chi connectivity index (χ1v) is 11.0. The van der Waals surface area contributed by atoms with Crippen LogP contribution in [0.1, 0.15) is 41.3 Å². The summed E-state index contributed by atoms with van der Waals surface area (Å²) in [7, 11) is 0. The van der Waals surface area contributed by atoms with Gasteiger partial charge in [-0.1, -0.05) is 44.2 Å². The fourth-order valence-electron chi connectivity index (χ4n) is 3.40. The van der Waals surface area contributed by atoms with Crippen LogP contribution in [0.4, 0.5) is 4.39 Å². The van der Waals surface area contributed by atoms with E-state index in [4.69, 9.17) is 14.9 Å². The van der Waals surface area contributed by atoms with Crippen LogP contribution in [0.5, 0.6) is 11.5 Å². The van der Waals surface area contributed by atoms with Gasteiger partial charge in [-0.3, -0.25) is 0 Å². The van der Waals surface area contributed by atoms with E-state index in [0.717, 1.165) is 23.6 Å². The van der Waals surface area contributed by atoms with Crippen molar-refractivity contribution in [1.82, 2.24) is 0 Å². The molecular formula is C27H26FNO5. The average Bonchev–Trinajstić information content (AvgIpc) is 2.84. The van der Waals surface area contributed by atoms with Gasteiger partial charge < -0.3 is 19.6 Å². The van der Waals surface area contributed by atoms with E-state index in [9.17, 15) is 14.0 Å². The van der Waals surface area contributed by atoms with Crippen LogP contribution >= 0.6 is 0 Å². The summed E-state index contributed by atoms with van der Waals surface area (Å²) >= 11 is 0. The molecule has 0 heterocycles. The lowest BCUT2D eigenvalue weighted by molar-refractivity contribution is -0.140. The summed E-state index contributed by atoms with van der Waals surface area (Å²) in [6, 6.07) is 16.1. The van der Waals surface area contributed by atoms with Crippen LogP contribution < -0.4 is 9.47 Å². The molecule has 0 spiro atoms. The molecule has 0 aliphatic carbocycles. The third kappa shape index (κ3) is 6.28. The molecule has 0 fully saturated rings. The maximum atomic E-state index is 12.7. The van der Waals surface area contributed by atoms with E-state index in [1.165, 1.54) is 11.8 Å². The van der Waals surface area contributed by atoms with Gasteiger partial charge in [0, 0.05) is 18.2 Å². The molecule has 0 radical (unpaired) electrons. The molecule has 0 saturated carbocycles. The second kappa shape index (κ2) is 11.7. The van der Waals surface area contributed by atoms with Gasteiger partial charge in [-0.05, 0) is 53.1 Å². The molecule has 0 aromatic heterocycles. The van der Waals surface area contributed by atoms with Crippen LogP contribution in [0.25, 0.3) is 10.8 Å². The number of fused-ring (bicyclic) bond motifs is 1. The zero-order valence-electron chi connectivity index (χ0n) is 18.9. The number of hydrogen-bond donors (Lipinski definition) is 1. The van der Waals surface area contributed by atoms with E-state index in [0.29, 0.717) is 29.0 Å². The van der Waals surface area contributed by atoms with Crippen molar-refractivity contribution in [1.29, 1.82) is 5.41 Å². The molecule has 176 valence electrons. The van der Waals surface area contributed by atoms with Crippen molar-refractivity contribution in [3.63, 3.8) is 0 Å². The predicted molar refractivity (Wildman–Crippen MR) is 129 cm³/mol. The van der Waals surface area contributed by atoms with Crippen molar-refractivity contribution in [3.8, 4) is 11.5 Å². The molecule has 0 bridgehead atoms. The number of halogens is 1. The van der Waals surface area contributed by atoms with Gasteiger partial charge in [-0.25, -0.2) is 9.59 Å². The van der Waals surface area contributed by atoms with E-state index in [-0.39, 0.29) is 13.2 Å². The Bertz CT molecular complexity index is 1200. The Morgan fingerprint density at radius 2 is 1.82 bits per heavy atom. The Kier molecular flexibility index (Phi) is 8.51. The highest BCUT2D eigenvalue weighted by atomic mass is 19.1. The molecule has 7 heteroatoms. The Labute approximate surface area is 197 Å². The van der Waals surface area contributed by atoms with Crippen LogP contribution in [-0.4, -0.2) is 31.4 Å². The van der Waals surface area contributed by atoms with Crippen LogP contribution in [0.3, 0.4) is 0 Å². The van der Waals surface area contributed by atoms with Crippen molar-refractivity contribution >= 4 is 28.9 Å². The zero-order valence-corrected chi connectivity index (χ0v) is 18.9. The number of rotatable bonds is 11. The summed E-state index contributed by atoms with van der Waals surface area (Å²) in [6.45, 7) is 5.24. The zero-order chi connectivity index (χ0) is 24.5. The van der Waals surface area contributed by atoms with Gasteiger partial charge in [0.15, 0.2) is 0 Å². The van der Waals surface area contributed by atoms with Crippen molar-refractivity contribution in [2.24, 2.45) is 0 Å². The fraction of sp³-hybridized carbons (Fsp3) is 0.222. The molecule has 3 rings (SSSR count). The number of aryl methyl sites for hydroxylation is 1. The summed E-state index contributed by atoms with van der Waals surface area (Å²) < 4.78 is 28.3. The highest BCUT2D eigenvalue weighted by Gasteiger charge is 2.14. The lowest BCUT2D eigenvalue weighted by atomic mass is 10.00. The lowest BCUT2D eigenvalue weighted by Gasteiger charge is -2.12. The molecule has 0 unspecified atom stereocenters. The Morgan fingerprint density at radius 1 is 1.06 bits per heavy atom. The number of esters is 2. The Balaban J connectivity index is 1.61. The number of hydrogen-bond acceptors (Lipinski definition) is 6. The monoisotopic (exact) mass is 463 g/mol. The van der Waals surface area contributed by atoms with Gasteiger partial charge in [0.2, 0.25) is 5.83 Å². The van der Waals surface area contributed by atoms with Gasteiger partial charge >= 0.3 is 11.9 Å². The highest BCUT2D eigenvalue weighted by molar-refractivity contribution is 6.03. The quantitative estimate of drug-likeness (QED) is 0.128. The summed E-state index contributed by atoms with van der Waals surface area (Å²) in [5.74, 6) is -1.93. The normalized spacial score (nSPS) is 10.5. The van der Waals surface area contributed by atoms with E-state index in [1.54, 1.807) is 30.3 Å². The summed E-state index contributed by atoms with van der Waals surface area (Å²) in [4.78, 5) is 23.6. The second-order valence-corrected chi connectivity index (χ2v) is 7.58. The molecule has 0 aliphatic heterocycles. The minimum absolute atomic E-state index is 0.00715. The first-order chi connectivity index (χ1) is 16.4. The second-order valence-electron chi connectivity index (χ2n) is 7.58. The van der Waals surface area contributed by atoms with Crippen molar-refractivity contribution in [2.75, 3.05) is 13.2 Å². The third-order valence-electron chi connectivity index (χ3n) is 5.07. The number of ether oxygens (including phenoxy) is 3. The van der Waals surface area contributed by atoms with Crippen molar-refractivity contribution < 1.29 is 28.2 Å². The highest BCUT2D eigenvalue weighted by Crippen LogP contribution is 2.28. The minimum Gasteiger partial charge on any atom is -0.493 e. The minimum atomic E-state index is -1.14. The lowest BCUT2D eigenvalue weighted by Crippen LogP contribution is -2.10. The number of nitrogens with one attached hydrogen (secondary N) is 1. The molecule has 34 heavy (non-hydrogen) atoms. The summed E-state index contributed by atoms with van der Waals surface area (Å²) in [5, 5.41) is 9.68. The SMILES string of the molecule is C=C(F)C(=O)OCCCOc1ccc(C(=O)Oc2ccc3cc(CCC)ccc3c2C=N)cc1. The number of carbonyl (C=O) groups is 2. The topological polar surface area (TPSA) is 85.7 Å². The first kappa shape index (κ1) is 24.6. The standard InChI is InChI=1S/C27H26FNO5/c1-3-5-19-6-12-23-21(16-19)9-13-25(24(23)17-29)34-27(31)20-7-10-22(11-8-20)32-14-4-15-33-26(30)18(2)28/h6-13,16-17,29H,2-5,14-15H2,1H3. The van der Waals surface area contributed by atoms with E-state index < -0.39 is 17.8 Å². The maximum absolute atomic E-state index is 12.7. The molecule has 6 nitrogen and oxygen atoms in total. The molecule has 0 atom stereocenters. The molecule has 3 aromatic carbocycles. The fourth-order valence-corrected chi connectivity index (χ4v) is 3.40.